The van der Waals surface area contributed by atoms with Crippen LogP contribution in [-0.2, 0) is 0 Å². The number of halogens is 1. The van der Waals surface area contributed by atoms with Gasteiger partial charge in [-0.1, -0.05) is 28.1 Å². The fourth-order valence-corrected chi connectivity index (χ4v) is 2.36. The van der Waals surface area contributed by atoms with E-state index < -0.39 is 0 Å². The van der Waals surface area contributed by atoms with Crippen LogP contribution in [0.4, 0.5) is 0 Å². The van der Waals surface area contributed by atoms with Crippen LogP contribution in [0, 0.1) is 0 Å². The van der Waals surface area contributed by atoms with Crippen molar-refractivity contribution in [3.8, 4) is 0 Å². The highest BCUT2D eigenvalue weighted by molar-refractivity contribution is 9.10. The first-order chi connectivity index (χ1) is 6.66. The van der Waals surface area contributed by atoms with Gasteiger partial charge in [-0.2, -0.15) is 0 Å². The zero-order chi connectivity index (χ0) is 10.1. The normalized spacial score (nSPS) is 28.2. The number of likely N-dealkylation sites (N-methyl/N-ethyl adjacent to an activating group) is 1. The van der Waals surface area contributed by atoms with Crippen molar-refractivity contribution in [3.05, 3.63) is 34.3 Å². The monoisotopic (exact) mass is 254 g/mol. The van der Waals surface area contributed by atoms with Gasteiger partial charge in [-0.25, -0.2) is 0 Å². The summed E-state index contributed by atoms with van der Waals surface area (Å²) < 4.78 is 1.13. The van der Waals surface area contributed by atoms with E-state index in [4.69, 9.17) is 5.73 Å². The highest BCUT2D eigenvalue weighted by Gasteiger charge is 2.28. The summed E-state index contributed by atoms with van der Waals surface area (Å²) in [6.07, 6.45) is 0. The van der Waals surface area contributed by atoms with Crippen LogP contribution < -0.4 is 5.73 Å². The van der Waals surface area contributed by atoms with E-state index in [1.54, 1.807) is 0 Å². The minimum atomic E-state index is 0.279. The van der Waals surface area contributed by atoms with E-state index in [0.29, 0.717) is 5.92 Å². The molecule has 0 spiro atoms. The largest absolute Gasteiger partial charge is 0.326 e. The van der Waals surface area contributed by atoms with Gasteiger partial charge >= 0.3 is 0 Å². The molecule has 1 aromatic carbocycles. The Morgan fingerprint density at radius 1 is 1.29 bits per heavy atom. The molecule has 0 aliphatic carbocycles. The average Bonchev–Trinajstić information content (AvgIpc) is 2.47. The molecule has 2 rings (SSSR count). The van der Waals surface area contributed by atoms with Crippen molar-refractivity contribution in [2.75, 3.05) is 20.1 Å². The molecule has 2 atom stereocenters. The quantitative estimate of drug-likeness (QED) is 0.829. The first kappa shape index (κ1) is 10.1. The third-order valence-corrected chi connectivity index (χ3v) is 3.37. The second-order valence-corrected chi connectivity index (χ2v) is 4.96. The van der Waals surface area contributed by atoms with Crippen molar-refractivity contribution in [2.45, 2.75) is 12.0 Å². The van der Waals surface area contributed by atoms with Gasteiger partial charge in [0.05, 0.1) is 0 Å². The SMILES string of the molecule is CN1CC(N)C(c2ccc(Br)cc2)C1. The van der Waals surface area contributed by atoms with Gasteiger partial charge in [-0.05, 0) is 24.7 Å². The standard InChI is InChI=1S/C11H15BrN2/c1-14-6-10(11(13)7-14)8-2-4-9(12)5-3-8/h2-5,10-11H,6-7,13H2,1H3. The molecule has 3 heteroatoms. The smallest absolute Gasteiger partial charge is 0.0249 e. The molecule has 2 N–H and O–H groups in total. The Kier molecular flexibility index (Phi) is 2.91. The van der Waals surface area contributed by atoms with Crippen LogP contribution in [0.5, 0.6) is 0 Å². The maximum absolute atomic E-state index is 6.09. The Hall–Kier alpha value is -0.380. The van der Waals surface area contributed by atoms with Crippen molar-refractivity contribution >= 4 is 15.9 Å². The lowest BCUT2D eigenvalue weighted by Gasteiger charge is -2.14. The molecule has 1 fully saturated rings. The fourth-order valence-electron chi connectivity index (χ4n) is 2.10. The molecule has 0 bridgehead atoms. The molecular formula is C11H15BrN2. The van der Waals surface area contributed by atoms with Crippen LogP contribution >= 0.6 is 15.9 Å². The molecule has 1 aliphatic heterocycles. The molecule has 1 saturated heterocycles. The van der Waals surface area contributed by atoms with Gasteiger partial charge in [-0.3, -0.25) is 0 Å². The summed E-state index contributed by atoms with van der Waals surface area (Å²) in [5, 5.41) is 0. The first-order valence-electron chi connectivity index (χ1n) is 4.86. The topological polar surface area (TPSA) is 29.3 Å². The Labute approximate surface area is 93.2 Å². The predicted octanol–water partition coefficient (Wildman–Crippen LogP) is 1.81. The summed E-state index contributed by atoms with van der Waals surface area (Å²) in [4.78, 5) is 2.29. The van der Waals surface area contributed by atoms with E-state index in [1.165, 1.54) is 5.56 Å². The van der Waals surface area contributed by atoms with Gasteiger partial charge in [0.1, 0.15) is 0 Å². The number of nitrogens with zero attached hydrogens (tertiary/aromatic N) is 1. The number of nitrogens with two attached hydrogens (primary N) is 1. The molecule has 0 radical (unpaired) electrons. The van der Waals surface area contributed by atoms with Crippen LogP contribution in [0.2, 0.25) is 0 Å². The van der Waals surface area contributed by atoms with E-state index in [9.17, 15) is 0 Å². The van der Waals surface area contributed by atoms with Crippen LogP contribution in [0.1, 0.15) is 11.5 Å². The fraction of sp³-hybridized carbons (Fsp3) is 0.455. The number of hydrogen-bond donors (Lipinski definition) is 1. The van der Waals surface area contributed by atoms with Crippen LogP contribution in [0.25, 0.3) is 0 Å². The molecule has 1 aliphatic rings. The highest BCUT2D eigenvalue weighted by atomic mass is 79.9. The van der Waals surface area contributed by atoms with Gasteiger partial charge in [0.15, 0.2) is 0 Å². The van der Waals surface area contributed by atoms with Crippen molar-refractivity contribution in [2.24, 2.45) is 5.73 Å². The zero-order valence-corrected chi connectivity index (χ0v) is 9.87. The number of benzene rings is 1. The molecular weight excluding hydrogens is 240 g/mol. The zero-order valence-electron chi connectivity index (χ0n) is 8.28. The van der Waals surface area contributed by atoms with Crippen LogP contribution in [0.15, 0.2) is 28.7 Å². The van der Waals surface area contributed by atoms with Gasteiger partial charge < -0.3 is 10.6 Å². The molecule has 14 heavy (non-hydrogen) atoms. The second kappa shape index (κ2) is 4.01. The third kappa shape index (κ3) is 2.00. The maximum atomic E-state index is 6.09. The summed E-state index contributed by atoms with van der Waals surface area (Å²) in [6.45, 7) is 2.07. The molecule has 2 nitrogen and oxygen atoms in total. The Balaban J connectivity index is 2.19. The highest BCUT2D eigenvalue weighted by Crippen LogP contribution is 2.26. The molecule has 0 aromatic heterocycles. The molecule has 76 valence electrons. The maximum Gasteiger partial charge on any atom is 0.0249 e. The van der Waals surface area contributed by atoms with Gasteiger partial charge in [-0.15, -0.1) is 0 Å². The molecule has 0 saturated carbocycles. The van der Waals surface area contributed by atoms with Crippen molar-refractivity contribution in [1.29, 1.82) is 0 Å². The number of hydrogen-bond acceptors (Lipinski definition) is 2. The predicted molar refractivity (Wildman–Crippen MR) is 62.4 cm³/mol. The second-order valence-electron chi connectivity index (χ2n) is 4.04. The van der Waals surface area contributed by atoms with E-state index in [0.717, 1.165) is 17.6 Å². The lowest BCUT2D eigenvalue weighted by molar-refractivity contribution is 0.407. The molecule has 0 amide bonds. The van der Waals surface area contributed by atoms with Gasteiger partial charge in [0.2, 0.25) is 0 Å². The summed E-state index contributed by atoms with van der Waals surface area (Å²) in [7, 11) is 2.12. The van der Waals surface area contributed by atoms with E-state index in [1.807, 2.05) is 0 Å². The van der Waals surface area contributed by atoms with Gasteiger partial charge in [0.25, 0.3) is 0 Å². The van der Waals surface area contributed by atoms with Crippen molar-refractivity contribution in [1.82, 2.24) is 4.90 Å². The third-order valence-electron chi connectivity index (χ3n) is 2.85. The van der Waals surface area contributed by atoms with Crippen LogP contribution in [-0.4, -0.2) is 31.1 Å². The van der Waals surface area contributed by atoms with E-state index in [-0.39, 0.29) is 6.04 Å². The van der Waals surface area contributed by atoms with Gasteiger partial charge in [0, 0.05) is 29.5 Å². The molecule has 2 unspecified atom stereocenters. The minimum absolute atomic E-state index is 0.279. The Morgan fingerprint density at radius 3 is 2.43 bits per heavy atom. The minimum Gasteiger partial charge on any atom is -0.326 e. The lowest BCUT2D eigenvalue weighted by atomic mass is 9.95. The summed E-state index contributed by atoms with van der Waals surface area (Å²) in [5.74, 6) is 0.494. The molecule has 1 heterocycles. The Bertz CT molecular complexity index is 310. The summed E-state index contributed by atoms with van der Waals surface area (Å²) in [6, 6.07) is 8.77. The first-order valence-corrected chi connectivity index (χ1v) is 5.65. The number of rotatable bonds is 1. The lowest BCUT2D eigenvalue weighted by Crippen LogP contribution is -2.27. The van der Waals surface area contributed by atoms with Crippen LogP contribution in [0.3, 0.4) is 0 Å². The summed E-state index contributed by atoms with van der Waals surface area (Å²) in [5.41, 5.74) is 7.44. The average molecular weight is 255 g/mol. The number of likely N-dealkylation sites (tertiary alicyclic amines) is 1. The summed E-state index contributed by atoms with van der Waals surface area (Å²) >= 11 is 3.44. The van der Waals surface area contributed by atoms with Crippen molar-refractivity contribution < 1.29 is 0 Å². The van der Waals surface area contributed by atoms with E-state index >= 15 is 0 Å². The van der Waals surface area contributed by atoms with E-state index in [2.05, 4.69) is 52.1 Å². The Morgan fingerprint density at radius 2 is 1.93 bits per heavy atom. The van der Waals surface area contributed by atoms with Crippen molar-refractivity contribution in [3.63, 3.8) is 0 Å². The molecule has 1 aromatic rings.